The maximum atomic E-state index is 8.49. The van der Waals surface area contributed by atoms with E-state index in [1.807, 2.05) is 0 Å². The van der Waals surface area contributed by atoms with Gasteiger partial charge in [0, 0.05) is 83.1 Å². The first kappa shape index (κ1) is 59.0. The first-order valence-corrected chi connectivity index (χ1v) is 31.5. The molecule has 12 nitrogen and oxygen atoms in total. The van der Waals surface area contributed by atoms with Gasteiger partial charge in [-0.05, 0) is 133 Å². The molecule has 0 saturated heterocycles. The van der Waals surface area contributed by atoms with Crippen LogP contribution in [0.1, 0.15) is 111 Å². The molecule has 2 saturated carbocycles. The predicted octanol–water partition coefficient (Wildman–Crippen LogP) is 6.52. The Morgan fingerprint density at radius 3 is 1.14 bits per heavy atom. The maximum absolute atomic E-state index is 8.49. The molecule has 434 valence electrons. The average molecular weight is 1170 g/mol. The van der Waals surface area contributed by atoms with E-state index in [-0.39, 0.29) is 21.7 Å². The average Bonchev–Trinajstić information content (AvgIpc) is 1.72. The normalized spacial score (nSPS) is 22.4. The Bertz CT molecular complexity index is 3600. The Morgan fingerprint density at radius 1 is 0.440 bits per heavy atom. The largest absolute Gasteiger partial charge is 0.347 e. The Hall–Kier alpha value is -6.78. The number of para-hydroxylation sites is 2. The highest BCUT2D eigenvalue weighted by atomic mass is 35.7. The molecule has 0 N–H and O–H groups in total. The highest BCUT2D eigenvalue weighted by Gasteiger charge is 2.53. The standard InChI is InChI=1S/C70H72N4.2ClHO4/c1-67(55-27-13-15-29-57(55)71(3)61(67)31-21-33-63-69(43-17-7-18-44-69)65-53-25-11-9-23-51(53)39-41-59(65)73(63)5)47-49-35-37-50(38-36-49)48-68(2)56-28-14-16-30-58(56)72(4)62(68)32-22-34-64-70(45-19-8-20-46-70)66-54-26-12-10-24-52(54)40-42-60(66)74(64)6;2*2-1(3,4)5/h9-16,21-42H,7-8,17-20,43-48H2,1-6H3;2*(H,2,3,4,5)/q+2;;/p-2. The second kappa shape index (κ2) is 22.9. The van der Waals surface area contributed by atoms with E-state index in [2.05, 4.69) is 243 Å². The van der Waals surface area contributed by atoms with Crippen molar-refractivity contribution < 1.29 is 66.9 Å². The topological polar surface area (TPSA) is 197 Å². The summed E-state index contributed by atoms with van der Waals surface area (Å²) in [5.41, 5.74) is 19.2. The number of hydrogen-bond donors (Lipinski definition) is 0. The fraction of sp³-hybridized carbons (Fsp3) is 0.314. The van der Waals surface area contributed by atoms with Gasteiger partial charge in [0.15, 0.2) is 11.4 Å². The molecule has 2 aliphatic carbocycles. The summed E-state index contributed by atoms with van der Waals surface area (Å²) in [5, 5.41) is 5.54. The van der Waals surface area contributed by atoms with Gasteiger partial charge in [-0.15, -0.1) is 20.5 Å². The quantitative estimate of drug-likeness (QED) is 0.151. The van der Waals surface area contributed by atoms with Gasteiger partial charge >= 0.3 is 0 Å². The number of likely N-dealkylation sites (N-methyl/N-ethyl adjacent to an activating group) is 2. The van der Waals surface area contributed by atoms with Gasteiger partial charge in [-0.1, -0.05) is 160 Å². The highest BCUT2D eigenvalue weighted by molar-refractivity contribution is 6.09. The van der Waals surface area contributed by atoms with E-state index >= 15 is 0 Å². The van der Waals surface area contributed by atoms with Crippen molar-refractivity contribution in [2.24, 2.45) is 0 Å². The molecule has 0 aromatic heterocycles. The molecule has 7 aromatic carbocycles. The van der Waals surface area contributed by atoms with Gasteiger partial charge in [0.2, 0.25) is 11.4 Å². The summed E-state index contributed by atoms with van der Waals surface area (Å²) in [4.78, 5) is 4.90. The number of halogens is 2. The molecule has 0 amide bonds. The fourth-order valence-electron chi connectivity index (χ4n) is 15.9. The van der Waals surface area contributed by atoms with Crippen LogP contribution in [0.2, 0.25) is 0 Å². The van der Waals surface area contributed by atoms with Crippen molar-refractivity contribution in [2.75, 3.05) is 38.0 Å². The molecule has 4 heterocycles. The minimum Gasteiger partial charge on any atom is -0.347 e. The Labute approximate surface area is 497 Å². The van der Waals surface area contributed by atoms with E-state index in [1.165, 1.54) is 154 Å². The monoisotopic (exact) mass is 1170 g/mol. The number of fused-ring (bicyclic) bond motifs is 10. The second-order valence-corrected chi connectivity index (χ2v) is 25.6. The van der Waals surface area contributed by atoms with Crippen LogP contribution in [0.15, 0.2) is 193 Å². The molecule has 2 unspecified atom stereocenters. The van der Waals surface area contributed by atoms with E-state index < -0.39 is 20.5 Å². The van der Waals surface area contributed by atoms with Crippen molar-refractivity contribution in [1.82, 2.24) is 0 Å². The van der Waals surface area contributed by atoms with Gasteiger partial charge in [0.25, 0.3) is 0 Å². The van der Waals surface area contributed by atoms with Crippen LogP contribution < -0.4 is 47.1 Å². The molecule has 2 atom stereocenters. The molecule has 14 heteroatoms. The lowest BCUT2D eigenvalue weighted by molar-refractivity contribution is -2.00. The molecule has 2 spiro atoms. The summed E-state index contributed by atoms with van der Waals surface area (Å²) in [7, 11) is -0.754. The Morgan fingerprint density at radius 2 is 0.774 bits per heavy atom. The third-order valence-electron chi connectivity index (χ3n) is 19.3. The smallest absolute Gasteiger partial charge is 0.210 e. The Balaban J connectivity index is 0.000000682. The minimum atomic E-state index is -4.94. The number of hydrogen-bond acceptors (Lipinski definition) is 10. The first-order valence-electron chi connectivity index (χ1n) is 29.1. The van der Waals surface area contributed by atoms with Gasteiger partial charge in [0.1, 0.15) is 14.1 Å². The zero-order chi connectivity index (χ0) is 59.4. The van der Waals surface area contributed by atoms with Crippen molar-refractivity contribution in [3.8, 4) is 0 Å². The maximum Gasteiger partial charge on any atom is 0.210 e. The summed E-state index contributed by atoms with van der Waals surface area (Å²) >= 11 is 0. The number of rotatable bonds is 8. The molecule has 0 radical (unpaired) electrons. The molecule has 13 rings (SSSR count). The second-order valence-electron chi connectivity index (χ2n) is 24.1. The summed E-state index contributed by atoms with van der Waals surface area (Å²) in [5.74, 6) is 0. The molecule has 2 fully saturated rings. The molecular weight excluding hydrogens is 1100 g/mol. The molecule has 0 bridgehead atoms. The van der Waals surface area contributed by atoms with E-state index in [0.717, 1.165) is 12.8 Å². The zero-order valence-electron chi connectivity index (χ0n) is 48.6. The van der Waals surface area contributed by atoms with Crippen LogP contribution in [0.4, 0.5) is 22.7 Å². The first-order chi connectivity index (χ1) is 40.1. The van der Waals surface area contributed by atoms with Gasteiger partial charge in [-0.25, -0.2) is 37.3 Å². The Kier molecular flexibility index (Phi) is 16.1. The summed E-state index contributed by atoms with van der Waals surface area (Å²) in [6.07, 6.45) is 29.0. The van der Waals surface area contributed by atoms with E-state index in [1.54, 1.807) is 11.1 Å². The van der Waals surface area contributed by atoms with Crippen molar-refractivity contribution >= 4 is 55.7 Å². The molecule has 84 heavy (non-hydrogen) atoms. The fourth-order valence-corrected chi connectivity index (χ4v) is 15.9. The van der Waals surface area contributed by atoms with Crippen LogP contribution >= 0.6 is 0 Å². The van der Waals surface area contributed by atoms with Crippen molar-refractivity contribution in [3.63, 3.8) is 0 Å². The lowest BCUT2D eigenvalue weighted by Gasteiger charge is -2.32. The van der Waals surface area contributed by atoms with Crippen LogP contribution in [0, 0.1) is 20.5 Å². The van der Waals surface area contributed by atoms with Crippen LogP contribution in [-0.2, 0) is 34.5 Å². The van der Waals surface area contributed by atoms with Gasteiger partial charge in [-0.3, -0.25) is 0 Å². The van der Waals surface area contributed by atoms with Crippen LogP contribution in [0.25, 0.3) is 21.5 Å². The number of benzene rings is 7. The van der Waals surface area contributed by atoms with Gasteiger partial charge < -0.3 is 9.80 Å². The number of anilines is 2. The van der Waals surface area contributed by atoms with Crippen LogP contribution in [-0.4, -0.2) is 48.8 Å². The van der Waals surface area contributed by atoms with Crippen molar-refractivity contribution in [1.29, 1.82) is 0 Å². The molecule has 7 aromatic rings. The summed E-state index contributed by atoms with van der Waals surface area (Å²) < 4.78 is 73.0. The molecular formula is C70H72Cl2N4O8. The molecule has 4 aliphatic heterocycles. The lowest BCUT2D eigenvalue weighted by Crippen LogP contribution is -2.68. The zero-order valence-corrected chi connectivity index (χ0v) is 50.1. The summed E-state index contributed by atoms with van der Waals surface area (Å²) in [6.45, 7) is 4.94. The number of allylic oxidation sites excluding steroid dienone is 8. The minimum absolute atomic E-state index is 0.0426. The van der Waals surface area contributed by atoms with Crippen LogP contribution in [0.3, 0.4) is 0 Å². The summed E-state index contributed by atoms with van der Waals surface area (Å²) in [6, 6.07) is 55.3. The predicted molar refractivity (Wildman–Crippen MR) is 312 cm³/mol. The van der Waals surface area contributed by atoms with Crippen molar-refractivity contribution in [3.05, 3.63) is 227 Å². The van der Waals surface area contributed by atoms with Crippen molar-refractivity contribution in [2.45, 2.75) is 113 Å². The van der Waals surface area contributed by atoms with Crippen LogP contribution in [0.5, 0.6) is 0 Å². The van der Waals surface area contributed by atoms with E-state index in [0.29, 0.717) is 0 Å². The van der Waals surface area contributed by atoms with Gasteiger partial charge in [-0.2, -0.15) is 9.15 Å². The third kappa shape index (κ3) is 10.9. The third-order valence-corrected chi connectivity index (χ3v) is 19.3. The van der Waals surface area contributed by atoms with E-state index in [4.69, 9.17) is 37.3 Å². The van der Waals surface area contributed by atoms with Gasteiger partial charge in [0.05, 0.1) is 10.8 Å². The molecule has 6 aliphatic rings. The number of nitrogens with zero attached hydrogens (tertiary/aromatic N) is 4. The highest BCUT2D eigenvalue weighted by Crippen LogP contribution is 2.55. The van der Waals surface area contributed by atoms with E-state index in [9.17, 15) is 0 Å². The lowest BCUT2D eigenvalue weighted by atomic mass is 9.66. The SMILES string of the molecule is CN1C(=CC=CC2=[N+](C)c3ccc4ccccc4c3C23CCCCC3)C(C)(Cc2ccc(CC3(C)C(=CC=CC4=[N+](C)c5ccc6ccccc6c5C45CCCCC5)N(C)c4ccccc43)cc2)c2ccccc21.[O-][Cl+3]([O-])([O-])[O-].[O-][Cl+3]([O-])([O-])[O-].